The van der Waals surface area contributed by atoms with Gasteiger partial charge in [0.2, 0.25) is 0 Å². The van der Waals surface area contributed by atoms with Crippen molar-refractivity contribution in [3.8, 4) is 0 Å². The normalized spacial score (nSPS) is 11.4. The van der Waals surface area contributed by atoms with Gasteiger partial charge in [0.25, 0.3) is 0 Å². The molecule has 0 atom stereocenters. The zero-order valence-electron chi connectivity index (χ0n) is 8.69. The molecular formula is C12H9F2NOS. The first kappa shape index (κ1) is 11.7. The van der Waals surface area contributed by atoms with E-state index in [1.807, 2.05) is 0 Å². The highest BCUT2D eigenvalue weighted by atomic mass is 32.2. The Hall–Kier alpha value is -1.75. The standard InChI is InChI=1S/C12H9F2NOS/c13-9-1-5-11(6-2-9)17(15,16)12-7-3-10(14)4-8-12/h1-8,15H. The van der Waals surface area contributed by atoms with Gasteiger partial charge in [-0.2, -0.15) is 0 Å². The van der Waals surface area contributed by atoms with Gasteiger partial charge in [0, 0.05) is 0 Å². The third kappa shape index (κ3) is 2.34. The molecule has 0 radical (unpaired) electrons. The van der Waals surface area contributed by atoms with E-state index in [1.54, 1.807) is 0 Å². The Bertz CT molecular complexity index is 567. The summed E-state index contributed by atoms with van der Waals surface area (Å²) in [4.78, 5) is 0.399. The predicted molar refractivity (Wildman–Crippen MR) is 60.2 cm³/mol. The molecule has 0 aromatic heterocycles. The third-order valence-electron chi connectivity index (χ3n) is 2.29. The lowest BCUT2D eigenvalue weighted by Gasteiger charge is -2.07. The second-order valence-corrected chi connectivity index (χ2v) is 5.52. The van der Waals surface area contributed by atoms with Crippen LogP contribution in [0.3, 0.4) is 0 Å². The van der Waals surface area contributed by atoms with Crippen molar-refractivity contribution >= 4 is 9.73 Å². The molecular weight excluding hydrogens is 244 g/mol. The van der Waals surface area contributed by atoms with Crippen LogP contribution in [0.25, 0.3) is 0 Å². The van der Waals surface area contributed by atoms with Gasteiger partial charge >= 0.3 is 0 Å². The minimum absolute atomic E-state index is 0.200. The molecule has 5 heteroatoms. The Kier molecular flexibility index (Phi) is 2.93. The average molecular weight is 253 g/mol. The fourth-order valence-electron chi connectivity index (χ4n) is 1.39. The van der Waals surface area contributed by atoms with Gasteiger partial charge in [0.15, 0.2) is 0 Å². The van der Waals surface area contributed by atoms with Crippen molar-refractivity contribution in [3.63, 3.8) is 0 Å². The van der Waals surface area contributed by atoms with Crippen LogP contribution in [0.4, 0.5) is 8.78 Å². The second kappa shape index (κ2) is 4.25. The van der Waals surface area contributed by atoms with Gasteiger partial charge in [-0.15, -0.1) is 0 Å². The molecule has 0 heterocycles. The van der Waals surface area contributed by atoms with Crippen LogP contribution >= 0.6 is 0 Å². The molecule has 2 rings (SSSR count). The number of benzene rings is 2. The molecule has 0 aliphatic carbocycles. The minimum Gasteiger partial charge on any atom is -0.245 e. The van der Waals surface area contributed by atoms with Crippen molar-refractivity contribution in [2.75, 3.05) is 0 Å². The molecule has 0 bridgehead atoms. The smallest absolute Gasteiger partial charge is 0.123 e. The Balaban J connectivity index is 2.50. The largest absolute Gasteiger partial charge is 0.245 e. The van der Waals surface area contributed by atoms with E-state index in [2.05, 4.69) is 0 Å². The Morgan fingerprint density at radius 1 is 0.765 bits per heavy atom. The SMILES string of the molecule is N=S(=O)(c1ccc(F)cc1)c1ccc(F)cc1. The number of halogens is 2. The summed E-state index contributed by atoms with van der Waals surface area (Å²) in [5.74, 6) is -0.911. The second-order valence-electron chi connectivity index (χ2n) is 3.46. The predicted octanol–water partition coefficient (Wildman–Crippen LogP) is 3.43. The van der Waals surface area contributed by atoms with Gasteiger partial charge in [-0.1, -0.05) is 0 Å². The molecule has 1 N–H and O–H groups in total. The Morgan fingerprint density at radius 2 is 1.06 bits per heavy atom. The molecule has 0 unspecified atom stereocenters. The highest BCUT2D eigenvalue weighted by molar-refractivity contribution is 7.92. The van der Waals surface area contributed by atoms with Crippen molar-refractivity contribution in [3.05, 3.63) is 60.2 Å². The van der Waals surface area contributed by atoms with Crippen LogP contribution in [0.1, 0.15) is 0 Å². The minimum atomic E-state index is -3.21. The van der Waals surface area contributed by atoms with Crippen LogP contribution in [0, 0.1) is 16.4 Å². The molecule has 0 fully saturated rings. The maximum atomic E-state index is 12.7. The summed E-state index contributed by atoms with van der Waals surface area (Å²) in [6.07, 6.45) is 0. The van der Waals surface area contributed by atoms with Crippen LogP contribution < -0.4 is 0 Å². The zero-order chi connectivity index (χ0) is 12.5. The van der Waals surface area contributed by atoms with Crippen LogP contribution in [0.15, 0.2) is 58.3 Å². The van der Waals surface area contributed by atoms with Crippen molar-refractivity contribution in [2.24, 2.45) is 0 Å². The molecule has 2 aromatic carbocycles. The summed E-state index contributed by atoms with van der Waals surface area (Å²) in [7, 11) is -3.21. The summed E-state index contributed by atoms with van der Waals surface area (Å²) >= 11 is 0. The maximum Gasteiger partial charge on any atom is 0.123 e. The number of rotatable bonds is 2. The monoisotopic (exact) mass is 253 g/mol. The molecule has 0 saturated heterocycles. The quantitative estimate of drug-likeness (QED) is 0.875. The van der Waals surface area contributed by atoms with Crippen LogP contribution in [-0.2, 0) is 9.73 Å². The van der Waals surface area contributed by atoms with Crippen LogP contribution in [0.5, 0.6) is 0 Å². The van der Waals surface area contributed by atoms with E-state index < -0.39 is 21.4 Å². The molecule has 2 nitrogen and oxygen atoms in total. The van der Waals surface area contributed by atoms with E-state index in [1.165, 1.54) is 24.3 Å². The van der Waals surface area contributed by atoms with E-state index in [0.717, 1.165) is 24.3 Å². The first-order valence-corrected chi connectivity index (χ1v) is 6.36. The summed E-state index contributed by atoms with van der Waals surface area (Å²) in [5, 5.41) is 0. The number of hydrogen-bond acceptors (Lipinski definition) is 2. The topological polar surface area (TPSA) is 40.9 Å². The first-order chi connectivity index (χ1) is 8.00. The summed E-state index contributed by atoms with van der Waals surface area (Å²) < 4.78 is 45.5. The highest BCUT2D eigenvalue weighted by Gasteiger charge is 2.13. The molecule has 0 amide bonds. The van der Waals surface area contributed by atoms with Crippen molar-refractivity contribution in [1.29, 1.82) is 4.78 Å². The maximum absolute atomic E-state index is 12.7. The fourth-order valence-corrected chi connectivity index (χ4v) is 2.70. The average Bonchev–Trinajstić information content (AvgIpc) is 2.30. The number of nitrogens with one attached hydrogen (secondary N) is 1. The fraction of sp³-hybridized carbons (Fsp3) is 0. The summed E-state index contributed by atoms with van der Waals surface area (Å²) in [5.41, 5.74) is 0. The zero-order valence-corrected chi connectivity index (χ0v) is 9.51. The highest BCUT2D eigenvalue weighted by Crippen LogP contribution is 2.21. The van der Waals surface area contributed by atoms with Gasteiger partial charge in [0.05, 0.1) is 9.79 Å². The van der Waals surface area contributed by atoms with Gasteiger partial charge in [-0.3, -0.25) is 0 Å². The molecule has 0 aliphatic heterocycles. The summed E-state index contributed by atoms with van der Waals surface area (Å²) in [6, 6.07) is 9.78. The van der Waals surface area contributed by atoms with Crippen molar-refractivity contribution < 1.29 is 13.0 Å². The molecule has 0 spiro atoms. The molecule has 0 aliphatic rings. The lowest BCUT2D eigenvalue weighted by atomic mass is 10.3. The van der Waals surface area contributed by atoms with E-state index in [4.69, 9.17) is 4.78 Å². The van der Waals surface area contributed by atoms with Gasteiger partial charge in [-0.25, -0.2) is 17.8 Å². The van der Waals surface area contributed by atoms with Crippen LogP contribution in [-0.4, -0.2) is 4.21 Å². The van der Waals surface area contributed by atoms with Gasteiger partial charge in [0.1, 0.15) is 21.4 Å². The molecule has 0 saturated carbocycles. The molecule has 88 valence electrons. The van der Waals surface area contributed by atoms with Gasteiger partial charge < -0.3 is 0 Å². The Labute approximate surface area is 97.9 Å². The lowest BCUT2D eigenvalue weighted by molar-refractivity contribution is 0.625. The first-order valence-electron chi connectivity index (χ1n) is 4.80. The van der Waals surface area contributed by atoms with Crippen molar-refractivity contribution in [1.82, 2.24) is 0 Å². The van der Waals surface area contributed by atoms with Gasteiger partial charge in [-0.05, 0) is 48.5 Å². The third-order valence-corrected chi connectivity index (χ3v) is 4.16. The number of hydrogen-bond donors (Lipinski definition) is 1. The molecule has 2 aromatic rings. The van der Waals surface area contributed by atoms with E-state index in [-0.39, 0.29) is 9.79 Å². The lowest BCUT2D eigenvalue weighted by Crippen LogP contribution is -2.00. The molecule has 17 heavy (non-hydrogen) atoms. The summed E-state index contributed by atoms with van der Waals surface area (Å²) in [6.45, 7) is 0. The Morgan fingerprint density at radius 3 is 1.35 bits per heavy atom. The van der Waals surface area contributed by atoms with Crippen LogP contribution in [0.2, 0.25) is 0 Å². The van der Waals surface area contributed by atoms with Crippen molar-refractivity contribution in [2.45, 2.75) is 9.79 Å². The van der Waals surface area contributed by atoms with E-state index in [9.17, 15) is 13.0 Å². The van der Waals surface area contributed by atoms with E-state index >= 15 is 0 Å². The van der Waals surface area contributed by atoms with E-state index in [0.29, 0.717) is 0 Å².